The fourth-order valence-electron chi connectivity index (χ4n) is 1.97. The Kier molecular flexibility index (Phi) is 2.74. The van der Waals surface area contributed by atoms with Gasteiger partial charge in [0.1, 0.15) is 0 Å². The highest BCUT2D eigenvalue weighted by atomic mass is 32.1. The number of aliphatic hydroxyl groups excluding tert-OH is 1. The molecule has 0 radical (unpaired) electrons. The predicted molar refractivity (Wildman–Crippen MR) is 75.8 cm³/mol. The van der Waals surface area contributed by atoms with E-state index in [-0.39, 0.29) is 6.61 Å². The minimum absolute atomic E-state index is 0.140. The maximum absolute atomic E-state index is 9.23. The first-order chi connectivity index (χ1) is 8.29. The monoisotopic (exact) mass is 260 g/mol. The van der Waals surface area contributed by atoms with Crippen molar-refractivity contribution in [2.75, 3.05) is 0 Å². The number of hydrogen-bond acceptors (Lipinski definition) is 3. The third-order valence-corrected chi connectivity index (χ3v) is 5.20. The van der Waals surface area contributed by atoms with Crippen LogP contribution in [0.3, 0.4) is 0 Å². The van der Waals surface area contributed by atoms with Gasteiger partial charge in [-0.05, 0) is 30.0 Å². The maximum Gasteiger partial charge on any atom is 0.0777 e. The normalized spacial score (nSPS) is 11.2. The molecule has 3 rings (SSSR count). The summed E-state index contributed by atoms with van der Waals surface area (Å²) >= 11 is 3.45. The maximum atomic E-state index is 9.23. The second kappa shape index (κ2) is 4.26. The second-order valence-electron chi connectivity index (χ2n) is 4.00. The molecule has 1 N–H and O–H groups in total. The van der Waals surface area contributed by atoms with E-state index < -0.39 is 0 Å². The van der Waals surface area contributed by atoms with E-state index in [1.807, 2.05) is 11.3 Å². The molecule has 1 nitrogen and oxygen atoms in total. The highest BCUT2D eigenvalue weighted by Crippen LogP contribution is 2.38. The van der Waals surface area contributed by atoms with Crippen molar-refractivity contribution in [2.24, 2.45) is 0 Å². The van der Waals surface area contributed by atoms with Crippen molar-refractivity contribution >= 4 is 32.8 Å². The Bertz CT molecular complexity index is 631. The van der Waals surface area contributed by atoms with E-state index in [0.717, 1.165) is 4.88 Å². The zero-order valence-electron chi connectivity index (χ0n) is 9.43. The Balaban J connectivity index is 2.17. The Morgan fingerprint density at radius 1 is 1.24 bits per heavy atom. The first-order valence-electron chi connectivity index (χ1n) is 5.46. The summed E-state index contributed by atoms with van der Waals surface area (Å²) in [6, 6.07) is 10.7. The van der Waals surface area contributed by atoms with Gasteiger partial charge in [0.15, 0.2) is 0 Å². The van der Waals surface area contributed by atoms with Crippen molar-refractivity contribution in [2.45, 2.75) is 13.5 Å². The van der Waals surface area contributed by atoms with Gasteiger partial charge >= 0.3 is 0 Å². The van der Waals surface area contributed by atoms with Crippen LogP contribution in [-0.4, -0.2) is 5.11 Å². The molecule has 0 unspecified atom stereocenters. The van der Waals surface area contributed by atoms with Crippen molar-refractivity contribution in [1.82, 2.24) is 0 Å². The van der Waals surface area contributed by atoms with Crippen LogP contribution in [0.5, 0.6) is 0 Å². The standard InChI is InChI=1S/C14H12OS2/c1-9-11(8-16-14(9)7-15)13-6-10-4-2-3-5-12(10)17-13/h2-6,8,15H,7H2,1H3. The lowest BCUT2D eigenvalue weighted by Gasteiger charge is -1.96. The van der Waals surface area contributed by atoms with Gasteiger partial charge in [0.05, 0.1) is 6.61 Å². The van der Waals surface area contributed by atoms with E-state index in [9.17, 15) is 5.11 Å². The summed E-state index contributed by atoms with van der Waals surface area (Å²) in [4.78, 5) is 2.36. The largest absolute Gasteiger partial charge is 0.391 e. The van der Waals surface area contributed by atoms with Crippen LogP contribution in [-0.2, 0) is 6.61 Å². The molecule has 3 aromatic rings. The third kappa shape index (κ3) is 1.80. The van der Waals surface area contributed by atoms with Gasteiger partial charge < -0.3 is 5.11 Å². The van der Waals surface area contributed by atoms with Crippen LogP contribution in [0.1, 0.15) is 10.4 Å². The van der Waals surface area contributed by atoms with Gasteiger partial charge in [-0.15, -0.1) is 22.7 Å². The molecule has 0 aliphatic carbocycles. The molecular weight excluding hydrogens is 248 g/mol. The lowest BCUT2D eigenvalue weighted by atomic mass is 10.1. The minimum Gasteiger partial charge on any atom is -0.391 e. The smallest absolute Gasteiger partial charge is 0.0777 e. The van der Waals surface area contributed by atoms with E-state index in [4.69, 9.17) is 0 Å². The summed E-state index contributed by atoms with van der Waals surface area (Å²) in [5.41, 5.74) is 2.48. The van der Waals surface area contributed by atoms with Gasteiger partial charge in [0, 0.05) is 25.4 Å². The molecule has 0 saturated carbocycles. The van der Waals surface area contributed by atoms with Gasteiger partial charge in [-0.3, -0.25) is 0 Å². The van der Waals surface area contributed by atoms with Crippen LogP contribution in [0.4, 0.5) is 0 Å². The first kappa shape index (κ1) is 11.0. The summed E-state index contributed by atoms with van der Waals surface area (Å²) in [5, 5.41) is 12.7. The molecule has 0 aliphatic heterocycles. The average Bonchev–Trinajstić information content (AvgIpc) is 2.91. The van der Waals surface area contributed by atoms with E-state index in [0.29, 0.717) is 0 Å². The molecule has 0 fully saturated rings. The van der Waals surface area contributed by atoms with Crippen molar-refractivity contribution in [3.05, 3.63) is 46.2 Å². The van der Waals surface area contributed by atoms with E-state index in [1.54, 1.807) is 11.3 Å². The van der Waals surface area contributed by atoms with Gasteiger partial charge in [-0.1, -0.05) is 18.2 Å². The molecule has 0 spiro atoms. The number of thiophene rings is 2. The summed E-state index contributed by atoms with van der Waals surface area (Å²) in [7, 11) is 0. The van der Waals surface area contributed by atoms with E-state index >= 15 is 0 Å². The van der Waals surface area contributed by atoms with Crippen LogP contribution in [0.25, 0.3) is 20.5 Å². The molecular formula is C14H12OS2. The molecule has 2 aromatic heterocycles. The predicted octanol–water partition coefficient (Wildman–Crippen LogP) is 4.43. The number of rotatable bonds is 2. The Morgan fingerprint density at radius 2 is 2.06 bits per heavy atom. The van der Waals surface area contributed by atoms with Crippen molar-refractivity contribution in [3.8, 4) is 10.4 Å². The molecule has 0 aliphatic rings. The van der Waals surface area contributed by atoms with Crippen molar-refractivity contribution < 1.29 is 5.11 Å². The highest BCUT2D eigenvalue weighted by molar-refractivity contribution is 7.22. The molecule has 3 heteroatoms. The topological polar surface area (TPSA) is 20.2 Å². The summed E-state index contributed by atoms with van der Waals surface area (Å²) in [6.45, 7) is 2.23. The lowest BCUT2D eigenvalue weighted by molar-refractivity contribution is 0.285. The third-order valence-electron chi connectivity index (χ3n) is 2.98. The highest BCUT2D eigenvalue weighted by Gasteiger charge is 2.11. The Hall–Kier alpha value is -1.16. The second-order valence-corrected chi connectivity index (χ2v) is 6.05. The minimum atomic E-state index is 0.140. The van der Waals surface area contributed by atoms with E-state index in [2.05, 4.69) is 42.6 Å². The van der Waals surface area contributed by atoms with Gasteiger partial charge in [-0.2, -0.15) is 0 Å². The molecule has 0 atom stereocenters. The molecule has 1 aromatic carbocycles. The lowest BCUT2D eigenvalue weighted by Crippen LogP contribution is -1.80. The summed E-state index contributed by atoms with van der Waals surface area (Å²) in [6.07, 6.45) is 0. The van der Waals surface area contributed by atoms with Gasteiger partial charge in [0.25, 0.3) is 0 Å². The van der Waals surface area contributed by atoms with Crippen LogP contribution < -0.4 is 0 Å². The first-order valence-corrected chi connectivity index (χ1v) is 7.16. The van der Waals surface area contributed by atoms with Crippen LogP contribution in [0.15, 0.2) is 35.7 Å². The number of hydrogen-bond donors (Lipinski definition) is 1. The average molecular weight is 260 g/mol. The Morgan fingerprint density at radius 3 is 2.76 bits per heavy atom. The number of aliphatic hydroxyl groups is 1. The molecule has 17 heavy (non-hydrogen) atoms. The fraction of sp³-hybridized carbons (Fsp3) is 0.143. The van der Waals surface area contributed by atoms with Crippen molar-refractivity contribution in [3.63, 3.8) is 0 Å². The van der Waals surface area contributed by atoms with Crippen LogP contribution in [0, 0.1) is 6.92 Å². The van der Waals surface area contributed by atoms with Gasteiger partial charge in [-0.25, -0.2) is 0 Å². The molecule has 0 saturated heterocycles. The molecule has 0 bridgehead atoms. The zero-order chi connectivity index (χ0) is 11.8. The molecule has 0 amide bonds. The summed E-state index contributed by atoms with van der Waals surface area (Å²) < 4.78 is 1.32. The SMILES string of the molecule is Cc1c(-c2cc3ccccc3s2)csc1CO. The number of benzene rings is 1. The molecule has 86 valence electrons. The Labute approximate surface area is 108 Å². The zero-order valence-corrected chi connectivity index (χ0v) is 11.1. The molecule has 2 heterocycles. The number of fused-ring (bicyclic) bond motifs is 1. The van der Waals surface area contributed by atoms with Crippen molar-refractivity contribution in [1.29, 1.82) is 0 Å². The quantitative estimate of drug-likeness (QED) is 0.722. The van der Waals surface area contributed by atoms with Crippen LogP contribution in [0.2, 0.25) is 0 Å². The van der Waals surface area contributed by atoms with Gasteiger partial charge in [0.2, 0.25) is 0 Å². The van der Waals surface area contributed by atoms with E-state index in [1.165, 1.54) is 26.1 Å². The summed E-state index contributed by atoms with van der Waals surface area (Å²) in [5.74, 6) is 0. The van der Waals surface area contributed by atoms with Crippen LogP contribution >= 0.6 is 22.7 Å². The fourth-order valence-corrected chi connectivity index (χ4v) is 4.11.